The topological polar surface area (TPSA) is 48.6 Å². The molecule has 0 spiro atoms. The minimum atomic E-state index is 0.675. The number of ether oxygens (including phenoxy) is 1. The summed E-state index contributed by atoms with van der Waals surface area (Å²) in [6.07, 6.45) is 12.9. The molecule has 1 saturated heterocycles. The molecule has 5 nitrogen and oxygen atoms in total. The van der Waals surface area contributed by atoms with Crippen LogP contribution < -0.4 is 0 Å². The first-order valence-electron chi connectivity index (χ1n) is 11.6. The summed E-state index contributed by atoms with van der Waals surface area (Å²) in [7, 11) is 6.04. The van der Waals surface area contributed by atoms with E-state index < -0.39 is 0 Å². The highest BCUT2D eigenvalue weighted by molar-refractivity contribution is 7.16. The molecule has 4 rings (SSSR count). The van der Waals surface area contributed by atoms with Gasteiger partial charge < -0.3 is 19.5 Å². The minimum Gasteiger partial charge on any atom is -0.388 e. The lowest BCUT2D eigenvalue weighted by atomic mass is 10.0. The van der Waals surface area contributed by atoms with E-state index in [9.17, 15) is 4.79 Å². The molecule has 6 heteroatoms. The Bertz CT molecular complexity index is 808. The lowest BCUT2D eigenvalue weighted by molar-refractivity contribution is -0.117. The zero-order chi connectivity index (χ0) is 24.3. The molecule has 2 aliphatic rings. The van der Waals surface area contributed by atoms with Crippen molar-refractivity contribution < 1.29 is 9.53 Å². The molecule has 0 radical (unpaired) electrons. The maximum absolute atomic E-state index is 10.5. The smallest absolute Gasteiger partial charge is 0.210 e. The quantitative estimate of drug-likeness (QED) is 0.476. The van der Waals surface area contributed by atoms with Gasteiger partial charge in [-0.25, -0.2) is 0 Å². The van der Waals surface area contributed by atoms with Crippen molar-refractivity contribution in [2.45, 2.75) is 25.7 Å². The fraction of sp³-hybridized carbons (Fsp3) is 0.444. The molecule has 1 aromatic carbocycles. The van der Waals surface area contributed by atoms with Gasteiger partial charge in [0.05, 0.1) is 0 Å². The zero-order valence-corrected chi connectivity index (χ0v) is 21.6. The van der Waals surface area contributed by atoms with Crippen molar-refractivity contribution in [1.29, 1.82) is 0 Å². The molecule has 1 amide bonds. The fourth-order valence-electron chi connectivity index (χ4n) is 3.70. The van der Waals surface area contributed by atoms with Gasteiger partial charge in [-0.05, 0) is 67.2 Å². The van der Waals surface area contributed by atoms with Gasteiger partial charge in [0.25, 0.3) is 0 Å². The summed E-state index contributed by atoms with van der Waals surface area (Å²) in [6.45, 7) is 12.9. The summed E-state index contributed by atoms with van der Waals surface area (Å²) in [5.74, 6) is 0. The molecule has 3 heterocycles. The molecule has 1 aromatic heterocycles. The van der Waals surface area contributed by atoms with Gasteiger partial charge in [0, 0.05) is 45.6 Å². The van der Waals surface area contributed by atoms with Crippen molar-refractivity contribution in [2.75, 3.05) is 53.1 Å². The number of carbonyl (C=O) groups is 1. The molecule has 0 aliphatic carbocycles. The highest BCUT2D eigenvalue weighted by Crippen LogP contribution is 2.18. The molecule has 1 fully saturated rings. The number of fused-ring (bicyclic) bond motifs is 1. The van der Waals surface area contributed by atoms with Crippen LogP contribution in [-0.4, -0.2) is 74.3 Å². The van der Waals surface area contributed by atoms with Crippen LogP contribution in [0.15, 0.2) is 73.0 Å². The number of hydrogen-bond donors (Lipinski definition) is 1. The van der Waals surface area contributed by atoms with E-state index >= 15 is 0 Å². The van der Waals surface area contributed by atoms with Crippen molar-refractivity contribution in [3.8, 4) is 0 Å². The first-order valence-corrected chi connectivity index (χ1v) is 12.5. The lowest BCUT2D eigenvalue weighted by Gasteiger charge is -2.25. The summed E-state index contributed by atoms with van der Waals surface area (Å²) in [4.78, 5) is 17.9. The summed E-state index contributed by atoms with van der Waals surface area (Å²) in [5, 5.41) is 1.28. The molecular weight excluding hydrogens is 429 g/mol. The number of allylic oxidation sites excluding steroid dienone is 1. The SMILES string of the molecule is C=CC1=C(C=C)CN(C=O)CC1.COC.PCCN1CCCCC1.c1ccc2[nH]ccc2c1. The number of likely N-dealkylation sites (tertiary alicyclic amines) is 1. The number of H-pyrrole nitrogens is 1. The number of benzene rings is 1. The average Bonchev–Trinajstić information content (AvgIpc) is 3.35. The highest BCUT2D eigenvalue weighted by atomic mass is 31.0. The van der Waals surface area contributed by atoms with E-state index in [2.05, 4.69) is 55.2 Å². The van der Waals surface area contributed by atoms with E-state index in [1.807, 2.05) is 24.4 Å². The van der Waals surface area contributed by atoms with Crippen molar-refractivity contribution in [2.24, 2.45) is 0 Å². The molecule has 2 aliphatic heterocycles. The predicted molar refractivity (Wildman–Crippen MR) is 146 cm³/mol. The van der Waals surface area contributed by atoms with Crippen LogP contribution in [0.5, 0.6) is 0 Å². The standard InChI is InChI=1S/C10H13NO.C8H7N.C7H16NP.C2H6O/c1-3-9-5-6-11(8-12)7-10(9)4-2;1-2-4-8-7(3-1)5-6-9-8;9-7-6-8-4-2-1-3-5-8;1-3-2/h3-4,8H,1-2,5-7H2;1-6,9H;1-7,9H2;1-2H3. The number of aromatic nitrogens is 1. The number of rotatable bonds is 5. The monoisotopic (exact) mass is 471 g/mol. The number of piperidine rings is 1. The Morgan fingerprint density at radius 1 is 1.03 bits per heavy atom. The summed E-state index contributed by atoms with van der Waals surface area (Å²) in [6, 6.07) is 10.3. The Hall–Kier alpha value is -2.20. The van der Waals surface area contributed by atoms with E-state index in [-0.39, 0.29) is 0 Å². The Kier molecular flexibility index (Phi) is 15.9. The number of aromatic amines is 1. The highest BCUT2D eigenvalue weighted by Gasteiger charge is 2.13. The van der Waals surface area contributed by atoms with Gasteiger partial charge in [-0.3, -0.25) is 4.79 Å². The number of carbonyl (C=O) groups excluding carboxylic acids is 1. The molecule has 182 valence electrons. The Morgan fingerprint density at radius 3 is 2.27 bits per heavy atom. The predicted octanol–water partition coefficient (Wildman–Crippen LogP) is 5.30. The third kappa shape index (κ3) is 11.5. The zero-order valence-electron chi connectivity index (χ0n) is 20.5. The maximum Gasteiger partial charge on any atom is 0.210 e. The van der Waals surface area contributed by atoms with Crippen LogP contribution in [0, 0.1) is 0 Å². The van der Waals surface area contributed by atoms with Crippen molar-refractivity contribution in [3.05, 3.63) is 73.0 Å². The van der Waals surface area contributed by atoms with E-state index in [1.54, 1.807) is 25.2 Å². The number of methoxy groups -OCH3 is 1. The number of hydrogen-bond acceptors (Lipinski definition) is 3. The Balaban J connectivity index is 0.000000236. The maximum atomic E-state index is 10.5. The molecule has 0 bridgehead atoms. The van der Waals surface area contributed by atoms with E-state index in [1.165, 1.54) is 61.5 Å². The van der Waals surface area contributed by atoms with Gasteiger partial charge >= 0.3 is 0 Å². The van der Waals surface area contributed by atoms with Gasteiger partial charge in [-0.15, -0.1) is 9.24 Å². The van der Waals surface area contributed by atoms with Crippen LogP contribution in [0.2, 0.25) is 0 Å². The van der Waals surface area contributed by atoms with Gasteiger partial charge in [-0.2, -0.15) is 0 Å². The molecular formula is C27H42N3O2P. The third-order valence-corrected chi connectivity index (χ3v) is 5.71. The van der Waals surface area contributed by atoms with Crippen LogP contribution in [-0.2, 0) is 9.53 Å². The van der Waals surface area contributed by atoms with Crippen LogP contribution in [0.25, 0.3) is 10.9 Å². The van der Waals surface area contributed by atoms with E-state index in [4.69, 9.17) is 0 Å². The fourth-order valence-corrected chi connectivity index (χ4v) is 4.07. The normalized spacial score (nSPS) is 15.8. The second kappa shape index (κ2) is 18.3. The first kappa shape index (κ1) is 28.8. The first-order chi connectivity index (χ1) is 16.1. The molecule has 33 heavy (non-hydrogen) atoms. The van der Waals surface area contributed by atoms with Crippen LogP contribution in [0.3, 0.4) is 0 Å². The summed E-state index contributed by atoms with van der Waals surface area (Å²) in [5.41, 5.74) is 3.53. The van der Waals surface area contributed by atoms with Crippen LogP contribution >= 0.6 is 9.24 Å². The Labute approximate surface area is 202 Å². The lowest BCUT2D eigenvalue weighted by Crippen LogP contribution is -2.31. The molecule has 2 aromatic rings. The summed E-state index contributed by atoms with van der Waals surface area (Å²) < 4.78 is 4.25. The van der Waals surface area contributed by atoms with E-state index in [0.717, 1.165) is 24.9 Å². The van der Waals surface area contributed by atoms with Crippen molar-refractivity contribution in [1.82, 2.24) is 14.8 Å². The number of nitrogens with zero attached hydrogens (tertiary/aromatic N) is 2. The Morgan fingerprint density at radius 2 is 1.70 bits per heavy atom. The number of nitrogens with one attached hydrogen (secondary N) is 1. The number of para-hydroxylation sites is 1. The van der Waals surface area contributed by atoms with Crippen LogP contribution in [0.1, 0.15) is 25.7 Å². The molecule has 1 N–H and O–H groups in total. The summed E-state index contributed by atoms with van der Waals surface area (Å²) >= 11 is 0. The van der Waals surface area contributed by atoms with Crippen molar-refractivity contribution in [3.63, 3.8) is 0 Å². The largest absolute Gasteiger partial charge is 0.388 e. The van der Waals surface area contributed by atoms with E-state index in [0.29, 0.717) is 6.54 Å². The second-order valence-electron chi connectivity index (χ2n) is 7.95. The average molecular weight is 472 g/mol. The van der Waals surface area contributed by atoms with Gasteiger partial charge in [0.15, 0.2) is 0 Å². The van der Waals surface area contributed by atoms with Crippen molar-refractivity contribution >= 4 is 26.6 Å². The third-order valence-electron chi connectivity index (χ3n) is 5.45. The van der Waals surface area contributed by atoms with Gasteiger partial charge in [-0.1, -0.05) is 49.9 Å². The molecule has 1 unspecified atom stereocenters. The minimum absolute atomic E-state index is 0.675. The second-order valence-corrected chi connectivity index (χ2v) is 8.53. The van der Waals surface area contributed by atoms with Gasteiger partial charge in [0.2, 0.25) is 6.41 Å². The number of amides is 1. The van der Waals surface area contributed by atoms with Gasteiger partial charge in [0.1, 0.15) is 0 Å². The molecule has 0 saturated carbocycles. The van der Waals surface area contributed by atoms with Crippen LogP contribution in [0.4, 0.5) is 0 Å². The molecule has 1 atom stereocenters.